The van der Waals surface area contributed by atoms with Gasteiger partial charge in [-0.15, -0.1) is 0 Å². The number of benzene rings is 1. The highest BCUT2D eigenvalue weighted by molar-refractivity contribution is 5.97. The van der Waals surface area contributed by atoms with Gasteiger partial charge < -0.3 is 15.0 Å². The predicted octanol–water partition coefficient (Wildman–Crippen LogP) is 2.62. The molecule has 0 aliphatic carbocycles. The first-order chi connectivity index (χ1) is 10.7. The Hall–Kier alpha value is -2.56. The number of fused-ring (bicyclic) bond motifs is 1. The van der Waals surface area contributed by atoms with Crippen molar-refractivity contribution in [2.24, 2.45) is 0 Å². The summed E-state index contributed by atoms with van der Waals surface area (Å²) in [7, 11) is 0. The van der Waals surface area contributed by atoms with Crippen molar-refractivity contribution in [3.63, 3.8) is 0 Å². The quantitative estimate of drug-likeness (QED) is 0.862. The first-order valence-corrected chi connectivity index (χ1v) is 7.43. The topological polar surface area (TPSA) is 54.5 Å². The summed E-state index contributed by atoms with van der Waals surface area (Å²) in [6.07, 6.45) is 2.65. The smallest absolute Gasteiger partial charge is 0.265 e. The van der Waals surface area contributed by atoms with Gasteiger partial charge in [0.15, 0.2) is 6.61 Å². The second kappa shape index (κ2) is 6.47. The fourth-order valence-corrected chi connectivity index (χ4v) is 2.52. The minimum absolute atomic E-state index is 0.0125. The van der Waals surface area contributed by atoms with Crippen molar-refractivity contribution in [1.29, 1.82) is 0 Å². The van der Waals surface area contributed by atoms with Crippen LogP contribution in [-0.2, 0) is 4.79 Å². The molecular formula is C17H19N3O2. The van der Waals surface area contributed by atoms with Crippen LogP contribution in [0.4, 0.5) is 11.4 Å². The Balaban J connectivity index is 1.56. The number of hydrogen-bond donors (Lipinski definition) is 1. The Labute approximate surface area is 129 Å². The Kier molecular flexibility index (Phi) is 4.23. The molecule has 1 aromatic heterocycles. The van der Waals surface area contributed by atoms with Crippen LogP contribution in [0.3, 0.4) is 0 Å². The van der Waals surface area contributed by atoms with E-state index in [0.717, 1.165) is 35.8 Å². The summed E-state index contributed by atoms with van der Waals surface area (Å²) in [5, 5.41) is 3.35. The zero-order chi connectivity index (χ0) is 15.4. The minimum Gasteiger partial charge on any atom is -0.482 e. The number of aromatic nitrogens is 1. The van der Waals surface area contributed by atoms with E-state index in [0.29, 0.717) is 6.54 Å². The SMILES string of the molecule is Cc1cc(NCCCN2C(=O)COc3ccccc32)ccn1. The van der Waals surface area contributed by atoms with E-state index in [1.807, 2.05) is 43.3 Å². The van der Waals surface area contributed by atoms with Crippen LogP contribution in [0.15, 0.2) is 42.6 Å². The normalized spacial score (nSPS) is 13.5. The van der Waals surface area contributed by atoms with E-state index in [-0.39, 0.29) is 12.5 Å². The van der Waals surface area contributed by atoms with Gasteiger partial charge in [0.25, 0.3) is 5.91 Å². The monoisotopic (exact) mass is 297 g/mol. The first kappa shape index (κ1) is 14.4. The van der Waals surface area contributed by atoms with Crippen molar-refractivity contribution in [2.45, 2.75) is 13.3 Å². The number of para-hydroxylation sites is 2. The zero-order valence-electron chi connectivity index (χ0n) is 12.6. The van der Waals surface area contributed by atoms with Gasteiger partial charge >= 0.3 is 0 Å². The molecule has 0 spiro atoms. The second-order valence-corrected chi connectivity index (χ2v) is 5.27. The number of aryl methyl sites for hydroxylation is 1. The standard InChI is InChI=1S/C17H19N3O2/c1-13-11-14(7-9-18-13)19-8-4-10-20-15-5-2-3-6-16(15)22-12-17(20)21/h2-3,5-7,9,11H,4,8,10,12H2,1H3,(H,18,19). The fourth-order valence-electron chi connectivity index (χ4n) is 2.52. The van der Waals surface area contributed by atoms with E-state index in [1.54, 1.807) is 11.1 Å². The third kappa shape index (κ3) is 3.19. The third-order valence-corrected chi connectivity index (χ3v) is 3.59. The van der Waals surface area contributed by atoms with Gasteiger partial charge in [0.1, 0.15) is 5.75 Å². The van der Waals surface area contributed by atoms with Crippen molar-refractivity contribution < 1.29 is 9.53 Å². The Morgan fingerprint density at radius 3 is 3.05 bits per heavy atom. The molecule has 2 heterocycles. The maximum Gasteiger partial charge on any atom is 0.265 e. The Morgan fingerprint density at radius 2 is 2.18 bits per heavy atom. The van der Waals surface area contributed by atoms with Crippen LogP contribution >= 0.6 is 0 Å². The summed E-state index contributed by atoms with van der Waals surface area (Å²) in [4.78, 5) is 18.0. The van der Waals surface area contributed by atoms with Crippen LogP contribution in [-0.4, -0.2) is 30.6 Å². The molecule has 0 radical (unpaired) electrons. The van der Waals surface area contributed by atoms with Crippen LogP contribution in [0.1, 0.15) is 12.1 Å². The number of ether oxygens (including phenoxy) is 1. The molecule has 1 aliphatic rings. The number of carbonyl (C=O) groups excluding carboxylic acids is 1. The minimum atomic E-state index is 0.0125. The number of rotatable bonds is 5. The Bertz CT molecular complexity index is 672. The zero-order valence-corrected chi connectivity index (χ0v) is 12.6. The lowest BCUT2D eigenvalue weighted by Gasteiger charge is -2.29. The molecule has 114 valence electrons. The highest BCUT2D eigenvalue weighted by Crippen LogP contribution is 2.31. The summed E-state index contributed by atoms with van der Waals surface area (Å²) < 4.78 is 5.44. The van der Waals surface area contributed by atoms with Crippen molar-refractivity contribution in [3.05, 3.63) is 48.3 Å². The largest absolute Gasteiger partial charge is 0.482 e. The van der Waals surface area contributed by atoms with Crippen molar-refractivity contribution in [3.8, 4) is 5.75 Å². The summed E-state index contributed by atoms with van der Waals surface area (Å²) in [5.74, 6) is 0.790. The van der Waals surface area contributed by atoms with E-state index in [2.05, 4.69) is 10.3 Å². The first-order valence-electron chi connectivity index (χ1n) is 7.43. The maximum absolute atomic E-state index is 12.0. The third-order valence-electron chi connectivity index (χ3n) is 3.59. The van der Waals surface area contributed by atoms with Gasteiger partial charge in [0, 0.05) is 30.7 Å². The van der Waals surface area contributed by atoms with Crippen molar-refractivity contribution in [1.82, 2.24) is 4.98 Å². The molecule has 1 aromatic carbocycles. The van der Waals surface area contributed by atoms with Gasteiger partial charge in [-0.25, -0.2) is 0 Å². The molecule has 0 unspecified atom stereocenters. The van der Waals surface area contributed by atoms with E-state index >= 15 is 0 Å². The van der Waals surface area contributed by atoms with Crippen LogP contribution in [0.5, 0.6) is 5.75 Å². The van der Waals surface area contributed by atoms with Gasteiger partial charge in [-0.3, -0.25) is 9.78 Å². The molecule has 5 nitrogen and oxygen atoms in total. The summed E-state index contributed by atoms with van der Waals surface area (Å²) in [6.45, 7) is 3.56. The van der Waals surface area contributed by atoms with Crippen LogP contribution in [0.25, 0.3) is 0 Å². The fraction of sp³-hybridized carbons (Fsp3) is 0.294. The van der Waals surface area contributed by atoms with Gasteiger partial charge in [-0.05, 0) is 37.6 Å². The molecule has 1 amide bonds. The van der Waals surface area contributed by atoms with Gasteiger partial charge in [0.2, 0.25) is 0 Å². The summed E-state index contributed by atoms with van der Waals surface area (Å²) in [5.41, 5.74) is 2.90. The highest BCUT2D eigenvalue weighted by Gasteiger charge is 2.24. The lowest BCUT2D eigenvalue weighted by molar-refractivity contribution is -0.121. The number of nitrogens with zero attached hydrogens (tertiary/aromatic N) is 2. The summed E-state index contributed by atoms with van der Waals surface area (Å²) >= 11 is 0. The lowest BCUT2D eigenvalue weighted by atomic mass is 10.2. The average molecular weight is 297 g/mol. The highest BCUT2D eigenvalue weighted by atomic mass is 16.5. The van der Waals surface area contributed by atoms with E-state index in [4.69, 9.17) is 4.74 Å². The molecule has 0 atom stereocenters. The molecule has 2 aromatic rings. The molecular weight excluding hydrogens is 278 g/mol. The van der Waals surface area contributed by atoms with Crippen molar-refractivity contribution >= 4 is 17.3 Å². The summed E-state index contributed by atoms with van der Waals surface area (Å²) in [6, 6.07) is 11.6. The number of carbonyl (C=O) groups is 1. The number of amides is 1. The van der Waals surface area contributed by atoms with Gasteiger partial charge in [-0.2, -0.15) is 0 Å². The van der Waals surface area contributed by atoms with Gasteiger partial charge in [-0.1, -0.05) is 12.1 Å². The second-order valence-electron chi connectivity index (χ2n) is 5.27. The van der Waals surface area contributed by atoms with Crippen LogP contribution in [0, 0.1) is 6.92 Å². The molecule has 1 N–H and O–H groups in total. The Morgan fingerprint density at radius 1 is 1.32 bits per heavy atom. The lowest BCUT2D eigenvalue weighted by Crippen LogP contribution is -2.39. The molecule has 22 heavy (non-hydrogen) atoms. The van der Waals surface area contributed by atoms with E-state index in [1.165, 1.54) is 0 Å². The molecule has 1 aliphatic heterocycles. The van der Waals surface area contributed by atoms with E-state index < -0.39 is 0 Å². The molecule has 5 heteroatoms. The number of anilines is 2. The number of pyridine rings is 1. The predicted molar refractivity (Wildman–Crippen MR) is 86.4 cm³/mol. The van der Waals surface area contributed by atoms with Crippen LogP contribution < -0.4 is 15.0 Å². The maximum atomic E-state index is 12.0. The molecule has 0 saturated heterocycles. The number of nitrogens with one attached hydrogen (secondary N) is 1. The molecule has 0 fully saturated rings. The van der Waals surface area contributed by atoms with Crippen molar-refractivity contribution in [2.75, 3.05) is 29.9 Å². The average Bonchev–Trinajstić information content (AvgIpc) is 2.53. The molecule has 0 bridgehead atoms. The number of hydrogen-bond acceptors (Lipinski definition) is 4. The van der Waals surface area contributed by atoms with Crippen LogP contribution in [0.2, 0.25) is 0 Å². The van der Waals surface area contributed by atoms with Gasteiger partial charge in [0.05, 0.1) is 5.69 Å². The van der Waals surface area contributed by atoms with E-state index in [9.17, 15) is 4.79 Å². The molecule has 0 saturated carbocycles. The molecule has 3 rings (SSSR count).